The van der Waals surface area contributed by atoms with Gasteiger partial charge in [0.15, 0.2) is 6.61 Å². The van der Waals surface area contributed by atoms with Crippen molar-refractivity contribution in [1.29, 1.82) is 0 Å². The van der Waals surface area contributed by atoms with Crippen LogP contribution in [0.1, 0.15) is 11.6 Å². The summed E-state index contributed by atoms with van der Waals surface area (Å²) >= 11 is 1.03. The molecular weight excluding hydrogens is 374 g/mol. The van der Waals surface area contributed by atoms with Crippen molar-refractivity contribution in [3.05, 3.63) is 44.8 Å². The van der Waals surface area contributed by atoms with E-state index in [9.17, 15) is 9.59 Å². The predicted molar refractivity (Wildman–Crippen MR) is 96.0 cm³/mol. The van der Waals surface area contributed by atoms with Crippen LogP contribution in [-0.2, 0) is 22.7 Å². The summed E-state index contributed by atoms with van der Waals surface area (Å²) in [6, 6.07) is 5.19. The van der Waals surface area contributed by atoms with Gasteiger partial charge in [-0.2, -0.15) is 4.98 Å². The van der Waals surface area contributed by atoms with Gasteiger partial charge in [-0.25, -0.2) is 0 Å². The Hall–Kier alpha value is -3.14. The molecule has 2 aromatic heterocycles. The molecule has 0 amide bonds. The molecule has 0 spiro atoms. The lowest BCUT2D eigenvalue weighted by atomic mass is 10.2. The zero-order chi connectivity index (χ0) is 19.4. The standard InChI is InChI=1S/C17H17N3O6S/c1-10-9-27-17(22)20(10)7-15(21)25-8-14-18-16(19-26-14)12-5-4-11(23-2)6-13(12)24-3/h4-6,9H,7-8H2,1-3H3. The Bertz CT molecular complexity index is 1010. The highest BCUT2D eigenvalue weighted by Crippen LogP contribution is 2.31. The zero-order valence-corrected chi connectivity index (χ0v) is 15.7. The SMILES string of the molecule is COc1ccc(-c2noc(COC(=O)Cn3c(C)csc3=O)n2)c(OC)c1. The molecule has 0 N–H and O–H groups in total. The van der Waals surface area contributed by atoms with Crippen LogP contribution in [-0.4, -0.2) is 34.9 Å². The molecule has 142 valence electrons. The Balaban J connectivity index is 1.66. The Morgan fingerprint density at radius 2 is 2.11 bits per heavy atom. The molecule has 0 atom stereocenters. The number of aryl methyl sites for hydroxylation is 1. The van der Waals surface area contributed by atoms with Crippen LogP contribution in [0.3, 0.4) is 0 Å². The highest BCUT2D eigenvalue weighted by atomic mass is 32.1. The molecule has 2 heterocycles. The number of hydrogen-bond acceptors (Lipinski definition) is 9. The van der Waals surface area contributed by atoms with Gasteiger partial charge in [0.1, 0.15) is 18.0 Å². The van der Waals surface area contributed by atoms with Crippen LogP contribution in [0.5, 0.6) is 11.5 Å². The second kappa shape index (κ2) is 8.04. The zero-order valence-electron chi connectivity index (χ0n) is 14.9. The van der Waals surface area contributed by atoms with E-state index in [4.69, 9.17) is 18.7 Å². The van der Waals surface area contributed by atoms with Crippen LogP contribution in [0.2, 0.25) is 0 Å². The number of rotatable bonds is 7. The number of carbonyl (C=O) groups excluding carboxylic acids is 1. The van der Waals surface area contributed by atoms with Crippen LogP contribution < -0.4 is 14.3 Å². The lowest BCUT2D eigenvalue weighted by Crippen LogP contribution is -2.22. The fourth-order valence-electron chi connectivity index (χ4n) is 2.32. The fraction of sp³-hybridized carbons (Fsp3) is 0.294. The highest BCUT2D eigenvalue weighted by molar-refractivity contribution is 7.07. The number of carbonyl (C=O) groups is 1. The van der Waals surface area contributed by atoms with Crippen molar-refractivity contribution in [1.82, 2.24) is 14.7 Å². The molecular formula is C17H17N3O6S. The van der Waals surface area contributed by atoms with Crippen LogP contribution in [0.15, 0.2) is 32.9 Å². The molecule has 0 fully saturated rings. The second-order valence-corrected chi connectivity index (χ2v) is 6.29. The van der Waals surface area contributed by atoms with E-state index in [1.165, 1.54) is 11.7 Å². The minimum Gasteiger partial charge on any atom is -0.497 e. The largest absolute Gasteiger partial charge is 0.497 e. The molecule has 27 heavy (non-hydrogen) atoms. The molecule has 3 aromatic rings. The van der Waals surface area contributed by atoms with Crippen molar-refractivity contribution >= 4 is 17.3 Å². The van der Waals surface area contributed by atoms with E-state index in [0.717, 1.165) is 11.3 Å². The number of benzene rings is 1. The lowest BCUT2D eigenvalue weighted by Gasteiger charge is -2.07. The summed E-state index contributed by atoms with van der Waals surface area (Å²) in [6.45, 7) is 1.39. The van der Waals surface area contributed by atoms with Gasteiger partial charge in [-0.3, -0.25) is 14.2 Å². The van der Waals surface area contributed by atoms with Gasteiger partial charge in [0.2, 0.25) is 5.82 Å². The molecule has 0 bridgehead atoms. The van der Waals surface area contributed by atoms with Gasteiger partial charge >= 0.3 is 10.8 Å². The van der Waals surface area contributed by atoms with Crippen molar-refractivity contribution < 1.29 is 23.5 Å². The first kappa shape index (κ1) is 18.6. The highest BCUT2D eigenvalue weighted by Gasteiger charge is 2.16. The summed E-state index contributed by atoms with van der Waals surface area (Å²) in [5, 5.41) is 5.56. The topological polar surface area (TPSA) is 106 Å². The molecule has 9 nitrogen and oxygen atoms in total. The van der Waals surface area contributed by atoms with Gasteiger partial charge in [0.05, 0.1) is 19.8 Å². The van der Waals surface area contributed by atoms with E-state index in [1.54, 1.807) is 37.6 Å². The van der Waals surface area contributed by atoms with Gasteiger partial charge in [-0.1, -0.05) is 16.5 Å². The van der Waals surface area contributed by atoms with Crippen molar-refractivity contribution in [2.24, 2.45) is 0 Å². The molecule has 3 rings (SSSR count). The maximum atomic E-state index is 11.9. The lowest BCUT2D eigenvalue weighted by molar-refractivity contribution is -0.146. The third-order valence-corrected chi connectivity index (χ3v) is 4.62. The second-order valence-electron chi connectivity index (χ2n) is 5.47. The van der Waals surface area contributed by atoms with E-state index < -0.39 is 5.97 Å². The number of aromatic nitrogens is 3. The fourth-order valence-corrected chi connectivity index (χ4v) is 3.05. The van der Waals surface area contributed by atoms with E-state index >= 15 is 0 Å². The minimum absolute atomic E-state index is 0.130. The first-order valence-corrected chi connectivity index (χ1v) is 8.75. The Morgan fingerprint density at radius 3 is 2.78 bits per heavy atom. The molecule has 10 heteroatoms. The van der Waals surface area contributed by atoms with E-state index in [2.05, 4.69) is 10.1 Å². The summed E-state index contributed by atoms with van der Waals surface area (Å²) in [5.74, 6) is 1.01. The number of nitrogens with zero attached hydrogens (tertiary/aromatic N) is 3. The van der Waals surface area contributed by atoms with Gasteiger partial charge < -0.3 is 18.7 Å². The maximum Gasteiger partial charge on any atom is 0.326 e. The summed E-state index contributed by atoms with van der Waals surface area (Å²) < 4.78 is 22.0. The monoisotopic (exact) mass is 391 g/mol. The van der Waals surface area contributed by atoms with Crippen LogP contribution in [0.25, 0.3) is 11.4 Å². The predicted octanol–water partition coefficient (Wildman–Crippen LogP) is 2.03. The van der Waals surface area contributed by atoms with E-state index in [-0.39, 0.29) is 23.9 Å². The smallest absolute Gasteiger partial charge is 0.326 e. The number of esters is 1. The molecule has 0 aliphatic rings. The number of thiazole rings is 1. The first-order valence-electron chi connectivity index (χ1n) is 7.87. The molecule has 0 aliphatic heterocycles. The normalized spacial score (nSPS) is 10.6. The Labute approximate surface area is 158 Å². The molecule has 0 aliphatic carbocycles. The van der Waals surface area contributed by atoms with Crippen LogP contribution in [0, 0.1) is 6.92 Å². The van der Waals surface area contributed by atoms with Gasteiger partial charge in [0.25, 0.3) is 5.89 Å². The van der Waals surface area contributed by atoms with Crippen molar-refractivity contribution in [2.75, 3.05) is 14.2 Å². The van der Waals surface area contributed by atoms with Crippen LogP contribution in [0.4, 0.5) is 0 Å². The maximum absolute atomic E-state index is 11.9. The molecule has 0 saturated heterocycles. The summed E-state index contributed by atoms with van der Waals surface area (Å²) in [4.78, 5) is 27.6. The third kappa shape index (κ3) is 4.17. The Morgan fingerprint density at radius 1 is 1.30 bits per heavy atom. The van der Waals surface area contributed by atoms with E-state index in [0.29, 0.717) is 28.6 Å². The number of methoxy groups -OCH3 is 2. The molecule has 1 aromatic carbocycles. The van der Waals surface area contributed by atoms with Crippen molar-refractivity contribution in [3.63, 3.8) is 0 Å². The number of hydrogen-bond donors (Lipinski definition) is 0. The quantitative estimate of drug-likeness (QED) is 0.563. The number of ether oxygens (including phenoxy) is 3. The average molecular weight is 391 g/mol. The average Bonchev–Trinajstić information content (AvgIpc) is 3.27. The van der Waals surface area contributed by atoms with Gasteiger partial charge in [-0.15, -0.1) is 0 Å². The Kier molecular flexibility index (Phi) is 5.55. The van der Waals surface area contributed by atoms with E-state index in [1.807, 2.05) is 0 Å². The van der Waals surface area contributed by atoms with Crippen LogP contribution >= 0.6 is 11.3 Å². The molecule has 0 unspecified atom stereocenters. The third-order valence-electron chi connectivity index (χ3n) is 3.74. The first-order chi connectivity index (χ1) is 13.0. The summed E-state index contributed by atoms with van der Waals surface area (Å²) in [6.07, 6.45) is 0. The summed E-state index contributed by atoms with van der Waals surface area (Å²) in [5.41, 5.74) is 1.31. The summed E-state index contributed by atoms with van der Waals surface area (Å²) in [7, 11) is 3.08. The van der Waals surface area contributed by atoms with Crippen molar-refractivity contribution in [2.45, 2.75) is 20.1 Å². The van der Waals surface area contributed by atoms with Gasteiger partial charge in [-0.05, 0) is 19.1 Å². The van der Waals surface area contributed by atoms with Gasteiger partial charge in [0, 0.05) is 17.1 Å². The molecule has 0 radical (unpaired) electrons. The van der Waals surface area contributed by atoms with Crippen molar-refractivity contribution in [3.8, 4) is 22.9 Å². The minimum atomic E-state index is -0.569. The molecule has 0 saturated carbocycles.